The van der Waals surface area contributed by atoms with Crippen LogP contribution < -0.4 is 0 Å². The van der Waals surface area contributed by atoms with Crippen molar-refractivity contribution in [2.24, 2.45) is 0 Å². The minimum atomic E-state index is 0.592. The molecular formula is C51H31N3O. The molecule has 0 atom stereocenters. The van der Waals surface area contributed by atoms with Gasteiger partial charge in [-0.2, -0.15) is 0 Å². The highest BCUT2D eigenvalue weighted by Crippen LogP contribution is 2.42. The van der Waals surface area contributed by atoms with Crippen LogP contribution in [0.25, 0.3) is 111 Å². The smallest absolute Gasteiger partial charge is 0.164 e. The third-order valence-electron chi connectivity index (χ3n) is 10.7. The van der Waals surface area contributed by atoms with Crippen molar-refractivity contribution in [1.82, 2.24) is 15.0 Å². The van der Waals surface area contributed by atoms with Crippen LogP contribution in [0.5, 0.6) is 0 Å². The number of hydrogen-bond acceptors (Lipinski definition) is 4. The summed E-state index contributed by atoms with van der Waals surface area (Å²) < 4.78 is 6.71. The number of rotatable bonds is 5. The third kappa shape index (κ3) is 5.34. The first kappa shape index (κ1) is 31.1. The second-order valence-electron chi connectivity index (χ2n) is 14.0. The van der Waals surface area contributed by atoms with Gasteiger partial charge in [-0.05, 0) is 79.3 Å². The third-order valence-corrected chi connectivity index (χ3v) is 10.7. The first-order valence-corrected chi connectivity index (χ1v) is 18.5. The number of hydrogen-bond donors (Lipinski definition) is 0. The van der Waals surface area contributed by atoms with Crippen molar-refractivity contribution in [3.05, 3.63) is 188 Å². The molecule has 0 aliphatic rings. The molecule has 4 heteroatoms. The highest BCUT2D eigenvalue weighted by Gasteiger charge is 2.21. The van der Waals surface area contributed by atoms with Crippen LogP contribution >= 0.6 is 0 Å². The fourth-order valence-corrected chi connectivity index (χ4v) is 7.95. The lowest BCUT2D eigenvalue weighted by Crippen LogP contribution is -2.01. The molecule has 0 aliphatic heterocycles. The maximum atomic E-state index is 6.71. The molecule has 11 rings (SSSR count). The van der Waals surface area contributed by atoms with Crippen molar-refractivity contribution in [3.8, 4) is 56.4 Å². The summed E-state index contributed by atoms with van der Waals surface area (Å²) >= 11 is 0. The number of furan rings is 1. The van der Waals surface area contributed by atoms with Gasteiger partial charge in [-0.1, -0.05) is 158 Å². The highest BCUT2D eigenvalue weighted by atomic mass is 16.3. The van der Waals surface area contributed by atoms with Gasteiger partial charge < -0.3 is 4.42 Å². The highest BCUT2D eigenvalue weighted by molar-refractivity contribution is 6.16. The molecule has 0 spiro atoms. The van der Waals surface area contributed by atoms with Gasteiger partial charge in [0.1, 0.15) is 11.2 Å². The van der Waals surface area contributed by atoms with E-state index in [2.05, 4.69) is 170 Å². The molecule has 0 bridgehead atoms. The molecule has 2 aromatic heterocycles. The Morgan fingerprint density at radius 3 is 1.65 bits per heavy atom. The lowest BCUT2D eigenvalue weighted by atomic mass is 9.96. The minimum Gasteiger partial charge on any atom is -0.455 e. The van der Waals surface area contributed by atoms with Crippen LogP contribution in [0.1, 0.15) is 0 Å². The van der Waals surface area contributed by atoms with Gasteiger partial charge in [0, 0.05) is 33.0 Å². The molecule has 55 heavy (non-hydrogen) atoms. The van der Waals surface area contributed by atoms with Crippen molar-refractivity contribution in [3.63, 3.8) is 0 Å². The molecule has 0 N–H and O–H groups in total. The number of nitrogens with zero attached hydrogens (tertiary/aromatic N) is 3. The maximum absolute atomic E-state index is 6.71. The molecule has 256 valence electrons. The molecule has 0 amide bonds. The Labute approximate surface area is 317 Å². The Morgan fingerprint density at radius 2 is 0.836 bits per heavy atom. The van der Waals surface area contributed by atoms with E-state index in [9.17, 15) is 0 Å². The Balaban J connectivity index is 1.12. The number of benzene rings is 9. The topological polar surface area (TPSA) is 51.8 Å². The van der Waals surface area contributed by atoms with Gasteiger partial charge in [0.25, 0.3) is 0 Å². The van der Waals surface area contributed by atoms with E-state index in [0.717, 1.165) is 60.5 Å². The van der Waals surface area contributed by atoms with Gasteiger partial charge in [0.2, 0.25) is 0 Å². The van der Waals surface area contributed by atoms with E-state index in [1.807, 2.05) is 18.2 Å². The first-order chi connectivity index (χ1) is 27.2. The second-order valence-corrected chi connectivity index (χ2v) is 14.0. The summed E-state index contributed by atoms with van der Waals surface area (Å²) in [7, 11) is 0. The second kappa shape index (κ2) is 12.6. The van der Waals surface area contributed by atoms with E-state index >= 15 is 0 Å². The molecule has 0 unspecified atom stereocenters. The summed E-state index contributed by atoms with van der Waals surface area (Å²) in [5, 5.41) is 9.07. The lowest BCUT2D eigenvalue weighted by molar-refractivity contribution is 0.670. The summed E-state index contributed by atoms with van der Waals surface area (Å²) in [6.45, 7) is 0. The average Bonchev–Trinajstić information content (AvgIpc) is 3.66. The molecule has 0 aliphatic carbocycles. The molecule has 11 aromatic rings. The number of para-hydroxylation sites is 1. The average molecular weight is 702 g/mol. The van der Waals surface area contributed by atoms with E-state index in [-0.39, 0.29) is 0 Å². The van der Waals surface area contributed by atoms with Gasteiger partial charge in [0.05, 0.1) is 0 Å². The monoisotopic (exact) mass is 701 g/mol. The van der Waals surface area contributed by atoms with Gasteiger partial charge in [0.15, 0.2) is 17.5 Å². The van der Waals surface area contributed by atoms with Crippen molar-refractivity contribution in [2.75, 3.05) is 0 Å². The molecule has 2 heterocycles. The lowest BCUT2D eigenvalue weighted by Gasteiger charge is -2.12. The Bertz CT molecular complexity index is 3260. The summed E-state index contributed by atoms with van der Waals surface area (Å²) in [5.74, 6) is 1.82. The van der Waals surface area contributed by atoms with Crippen LogP contribution in [0.2, 0.25) is 0 Å². The number of fused-ring (bicyclic) bond motifs is 7. The van der Waals surface area contributed by atoms with Crippen molar-refractivity contribution < 1.29 is 4.42 Å². The molecule has 0 radical (unpaired) electrons. The summed E-state index contributed by atoms with van der Waals surface area (Å²) in [4.78, 5) is 15.6. The fraction of sp³-hybridized carbons (Fsp3) is 0. The quantitative estimate of drug-likeness (QED) is 0.168. The molecule has 0 saturated heterocycles. The molecule has 9 aromatic carbocycles. The SMILES string of the molecule is c1ccc(-c2ccc(-c3ccc(-c4nc(-c5ccc6ccccc6c5)nc(-c5ccc6c(ccc7ccccc76)c5)n4)c4c3oc3ccccc34)cc2)cc1. The summed E-state index contributed by atoms with van der Waals surface area (Å²) in [6, 6.07) is 65.8. The van der Waals surface area contributed by atoms with Gasteiger partial charge >= 0.3 is 0 Å². The standard InChI is InChI=1S/C51H31N3O/c1-2-10-32(11-3-1)34-18-21-36(22-19-34)43-28-29-45(47-44-16-8-9-17-46(44)55-48(43)47)51-53-49(39-25-20-33-12-4-5-14-37(33)30-39)52-50(54-51)40-26-27-42-38(31-40)24-23-35-13-6-7-15-41(35)42/h1-31H. The van der Waals surface area contributed by atoms with Gasteiger partial charge in [-0.3, -0.25) is 0 Å². The predicted octanol–water partition coefficient (Wildman–Crippen LogP) is 13.6. The van der Waals surface area contributed by atoms with Crippen molar-refractivity contribution >= 4 is 54.3 Å². The zero-order valence-corrected chi connectivity index (χ0v) is 29.6. The predicted molar refractivity (Wildman–Crippen MR) is 227 cm³/mol. The van der Waals surface area contributed by atoms with E-state index in [4.69, 9.17) is 19.4 Å². The molecule has 4 nitrogen and oxygen atoms in total. The van der Waals surface area contributed by atoms with E-state index in [0.29, 0.717) is 17.5 Å². The van der Waals surface area contributed by atoms with E-state index in [1.165, 1.54) is 32.7 Å². The van der Waals surface area contributed by atoms with Gasteiger partial charge in [-0.15, -0.1) is 0 Å². The van der Waals surface area contributed by atoms with Crippen LogP contribution in [0, 0.1) is 0 Å². The van der Waals surface area contributed by atoms with E-state index in [1.54, 1.807) is 0 Å². The first-order valence-electron chi connectivity index (χ1n) is 18.5. The molecule has 0 saturated carbocycles. The summed E-state index contributed by atoms with van der Waals surface area (Å²) in [6.07, 6.45) is 0. The van der Waals surface area contributed by atoms with Crippen LogP contribution in [-0.2, 0) is 0 Å². The minimum absolute atomic E-state index is 0.592. The number of aromatic nitrogens is 3. The largest absolute Gasteiger partial charge is 0.455 e. The van der Waals surface area contributed by atoms with E-state index < -0.39 is 0 Å². The molecular weight excluding hydrogens is 671 g/mol. The van der Waals surface area contributed by atoms with Crippen LogP contribution in [0.15, 0.2) is 192 Å². The van der Waals surface area contributed by atoms with Crippen molar-refractivity contribution in [2.45, 2.75) is 0 Å². The fourth-order valence-electron chi connectivity index (χ4n) is 7.95. The Morgan fingerprint density at radius 1 is 0.309 bits per heavy atom. The maximum Gasteiger partial charge on any atom is 0.164 e. The summed E-state index contributed by atoms with van der Waals surface area (Å²) in [5.41, 5.74) is 8.81. The van der Waals surface area contributed by atoms with Crippen LogP contribution in [0.3, 0.4) is 0 Å². The van der Waals surface area contributed by atoms with Gasteiger partial charge in [-0.25, -0.2) is 15.0 Å². The molecule has 0 fully saturated rings. The van der Waals surface area contributed by atoms with Crippen LogP contribution in [-0.4, -0.2) is 15.0 Å². The van der Waals surface area contributed by atoms with Crippen molar-refractivity contribution in [1.29, 1.82) is 0 Å². The normalized spacial score (nSPS) is 11.6. The Kier molecular flexibility index (Phi) is 7.14. The zero-order chi connectivity index (χ0) is 36.3. The zero-order valence-electron chi connectivity index (χ0n) is 29.6. The Hall–Kier alpha value is -7.43. The van der Waals surface area contributed by atoms with Crippen LogP contribution in [0.4, 0.5) is 0 Å².